The zero-order valence-corrected chi connectivity index (χ0v) is 19.3. The highest BCUT2D eigenvalue weighted by Crippen LogP contribution is 2.28. The lowest BCUT2D eigenvalue weighted by Gasteiger charge is -2.29. The first kappa shape index (κ1) is 22.5. The van der Waals surface area contributed by atoms with E-state index in [-0.39, 0.29) is 11.9 Å². The second-order valence-electron chi connectivity index (χ2n) is 8.57. The first-order chi connectivity index (χ1) is 14.1. The van der Waals surface area contributed by atoms with Crippen molar-refractivity contribution >= 4 is 15.9 Å². The number of aryl methyl sites for hydroxylation is 1. The number of amides is 1. The van der Waals surface area contributed by atoms with Gasteiger partial charge in [0.1, 0.15) is 4.90 Å². The van der Waals surface area contributed by atoms with Crippen molar-refractivity contribution in [2.24, 2.45) is 5.92 Å². The maximum atomic E-state index is 13.2. The lowest BCUT2D eigenvalue weighted by atomic mass is 10.0. The van der Waals surface area contributed by atoms with Crippen LogP contribution in [0.2, 0.25) is 0 Å². The molecule has 0 saturated carbocycles. The van der Waals surface area contributed by atoms with E-state index >= 15 is 0 Å². The molecule has 164 valence electrons. The minimum Gasteiger partial charge on any atom is -0.350 e. The summed E-state index contributed by atoms with van der Waals surface area (Å²) in [6.45, 7) is 11.1. The van der Waals surface area contributed by atoms with E-state index in [0.29, 0.717) is 47.4 Å². The molecule has 2 heterocycles. The molecule has 1 aromatic heterocycles. The molecular formula is C22H32N4O3S. The molecule has 3 rings (SSSR count). The predicted molar refractivity (Wildman–Crippen MR) is 117 cm³/mol. The Morgan fingerprint density at radius 1 is 1.17 bits per heavy atom. The second kappa shape index (κ2) is 8.89. The molecule has 1 aliphatic heterocycles. The van der Waals surface area contributed by atoms with Crippen LogP contribution in [-0.2, 0) is 16.6 Å². The SMILES string of the molecule is Cc1nn(Cc2ccc(C(=O)NC(C)C)cc2)c(C)c1S(=O)(=O)N1CCC(C)CC1. The van der Waals surface area contributed by atoms with Gasteiger partial charge in [0.25, 0.3) is 5.91 Å². The molecule has 2 aromatic rings. The van der Waals surface area contributed by atoms with Gasteiger partial charge in [-0.25, -0.2) is 8.42 Å². The summed E-state index contributed by atoms with van der Waals surface area (Å²) in [5, 5.41) is 7.38. The van der Waals surface area contributed by atoms with Crippen molar-refractivity contribution in [2.45, 2.75) is 64.9 Å². The van der Waals surface area contributed by atoms with Gasteiger partial charge in [0.15, 0.2) is 0 Å². The first-order valence-electron chi connectivity index (χ1n) is 10.5. The van der Waals surface area contributed by atoms with Gasteiger partial charge in [-0.15, -0.1) is 0 Å². The fraction of sp³-hybridized carbons (Fsp3) is 0.545. The van der Waals surface area contributed by atoms with Crippen LogP contribution in [0, 0.1) is 19.8 Å². The molecule has 0 spiro atoms. The number of sulfonamides is 1. The molecule has 8 heteroatoms. The number of hydrogen-bond acceptors (Lipinski definition) is 4. The Balaban J connectivity index is 1.80. The van der Waals surface area contributed by atoms with Gasteiger partial charge in [-0.1, -0.05) is 19.1 Å². The lowest BCUT2D eigenvalue weighted by Crippen LogP contribution is -2.38. The van der Waals surface area contributed by atoms with Crippen molar-refractivity contribution in [3.8, 4) is 0 Å². The van der Waals surface area contributed by atoms with E-state index in [1.165, 1.54) is 0 Å². The largest absolute Gasteiger partial charge is 0.350 e. The van der Waals surface area contributed by atoms with E-state index in [4.69, 9.17) is 0 Å². The lowest BCUT2D eigenvalue weighted by molar-refractivity contribution is 0.0943. The topological polar surface area (TPSA) is 84.3 Å². The Kier molecular flexibility index (Phi) is 6.67. The van der Waals surface area contributed by atoms with E-state index in [1.807, 2.05) is 32.9 Å². The number of aromatic nitrogens is 2. The number of rotatable bonds is 6. The van der Waals surface area contributed by atoms with Gasteiger partial charge in [-0.05, 0) is 64.2 Å². The summed E-state index contributed by atoms with van der Waals surface area (Å²) in [5.74, 6) is 0.457. The molecule has 1 aromatic carbocycles. The van der Waals surface area contributed by atoms with E-state index < -0.39 is 10.0 Å². The van der Waals surface area contributed by atoms with Gasteiger partial charge >= 0.3 is 0 Å². The summed E-state index contributed by atoms with van der Waals surface area (Å²) in [7, 11) is -3.55. The number of carbonyl (C=O) groups is 1. The Labute approximate surface area is 179 Å². The third-order valence-electron chi connectivity index (χ3n) is 5.62. The van der Waals surface area contributed by atoms with Gasteiger partial charge in [-0.2, -0.15) is 9.40 Å². The van der Waals surface area contributed by atoms with E-state index in [1.54, 1.807) is 28.0 Å². The molecule has 0 bridgehead atoms. The van der Waals surface area contributed by atoms with Crippen molar-refractivity contribution in [1.29, 1.82) is 0 Å². The Bertz CT molecular complexity index is 1000. The number of hydrogen-bond donors (Lipinski definition) is 1. The van der Waals surface area contributed by atoms with Crippen molar-refractivity contribution in [3.63, 3.8) is 0 Å². The predicted octanol–water partition coefficient (Wildman–Crippen LogP) is 3.11. The molecule has 30 heavy (non-hydrogen) atoms. The van der Waals surface area contributed by atoms with Crippen LogP contribution in [-0.4, -0.2) is 47.5 Å². The molecule has 0 aliphatic carbocycles. The number of carbonyl (C=O) groups excluding carboxylic acids is 1. The van der Waals surface area contributed by atoms with Crippen LogP contribution in [0.25, 0.3) is 0 Å². The molecule has 0 unspecified atom stereocenters. The summed E-state index contributed by atoms with van der Waals surface area (Å²) in [4.78, 5) is 12.4. The smallest absolute Gasteiger partial charge is 0.251 e. The average Bonchev–Trinajstić information content (AvgIpc) is 2.96. The second-order valence-corrected chi connectivity index (χ2v) is 10.4. The number of nitrogens with one attached hydrogen (secondary N) is 1. The maximum absolute atomic E-state index is 13.2. The Morgan fingerprint density at radius 2 is 1.77 bits per heavy atom. The van der Waals surface area contributed by atoms with Crippen LogP contribution in [0.5, 0.6) is 0 Å². The van der Waals surface area contributed by atoms with Gasteiger partial charge < -0.3 is 5.32 Å². The zero-order chi connectivity index (χ0) is 22.1. The summed E-state index contributed by atoms with van der Waals surface area (Å²) in [6.07, 6.45) is 1.78. The molecule has 1 N–H and O–H groups in total. The monoisotopic (exact) mass is 432 g/mol. The standard InChI is InChI=1S/C22H32N4O3S/c1-15(2)23-22(27)20-8-6-19(7-9-20)14-26-18(5)21(17(4)24-26)30(28,29)25-12-10-16(3)11-13-25/h6-9,15-16H,10-14H2,1-5H3,(H,23,27). The van der Waals surface area contributed by atoms with E-state index in [9.17, 15) is 13.2 Å². The van der Waals surface area contributed by atoms with Crippen molar-refractivity contribution in [1.82, 2.24) is 19.4 Å². The fourth-order valence-corrected chi connectivity index (χ4v) is 5.68. The van der Waals surface area contributed by atoms with Crippen molar-refractivity contribution < 1.29 is 13.2 Å². The minimum atomic E-state index is -3.55. The molecule has 1 aliphatic rings. The third-order valence-corrected chi connectivity index (χ3v) is 7.78. The summed E-state index contributed by atoms with van der Waals surface area (Å²) in [5.41, 5.74) is 2.73. The van der Waals surface area contributed by atoms with Gasteiger partial charge in [0.05, 0.1) is 17.9 Å². The zero-order valence-electron chi connectivity index (χ0n) is 18.5. The molecule has 1 saturated heterocycles. The Morgan fingerprint density at radius 3 is 2.33 bits per heavy atom. The summed E-state index contributed by atoms with van der Waals surface area (Å²) < 4.78 is 29.8. The normalized spacial score (nSPS) is 16.2. The van der Waals surface area contributed by atoms with Crippen LogP contribution in [0.4, 0.5) is 0 Å². The van der Waals surface area contributed by atoms with Crippen LogP contribution >= 0.6 is 0 Å². The van der Waals surface area contributed by atoms with Crippen LogP contribution in [0.15, 0.2) is 29.2 Å². The number of benzene rings is 1. The maximum Gasteiger partial charge on any atom is 0.251 e. The quantitative estimate of drug-likeness (QED) is 0.760. The van der Waals surface area contributed by atoms with E-state index in [0.717, 1.165) is 18.4 Å². The highest BCUT2D eigenvalue weighted by molar-refractivity contribution is 7.89. The van der Waals surface area contributed by atoms with Gasteiger partial charge in [0.2, 0.25) is 10.0 Å². The van der Waals surface area contributed by atoms with Gasteiger partial charge in [-0.3, -0.25) is 9.48 Å². The van der Waals surface area contributed by atoms with Gasteiger partial charge in [0, 0.05) is 24.7 Å². The van der Waals surface area contributed by atoms with Crippen molar-refractivity contribution in [2.75, 3.05) is 13.1 Å². The molecule has 7 nitrogen and oxygen atoms in total. The minimum absolute atomic E-state index is 0.0790. The molecule has 0 radical (unpaired) electrons. The number of piperidine rings is 1. The number of nitrogens with zero attached hydrogens (tertiary/aromatic N) is 3. The fourth-order valence-electron chi connectivity index (χ4n) is 3.84. The molecule has 1 fully saturated rings. The third kappa shape index (κ3) is 4.75. The highest BCUT2D eigenvalue weighted by atomic mass is 32.2. The molecule has 0 atom stereocenters. The highest BCUT2D eigenvalue weighted by Gasteiger charge is 2.32. The van der Waals surface area contributed by atoms with E-state index in [2.05, 4.69) is 17.3 Å². The van der Waals surface area contributed by atoms with Crippen LogP contribution in [0.3, 0.4) is 0 Å². The Hall–Kier alpha value is -2.19. The first-order valence-corrected chi connectivity index (χ1v) is 12.0. The average molecular weight is 433 g/mol. The van der Waals surface area contributed by atoms with Crippen molar-refractivity contribution in [3.05, 3.63) is 46.8 Å². The van der Waals surface area contributed by atoms with Crippen LogP contribution in [0.1, 0.15) is 60.9 Å². The van der Waals surface area contributed by atoms with Crippen LogP contribution < -0.4 is 5.32 Å². The summed E-state index contributed by atoms with van der Waals surface area (Å²) in [6, 6.07) is 7.41. The molecule has 1 amide bonds. The molecular weight excluding hydrogens is 400 g/mol. The summed E-state index contributed by atoms with van der Waals surface area (Å²) >= 11 is 0.